The summed E-state index contributed by atoms with van der Waals surface area (Å²) in [5.41, 5.74) is 1.13. The maximum absolute atomic E-state index is 12.0. The fourth-order valence-electron chi connectivity index (χ4n) is 2.12. The fraction of sp³-hybridized carbons (Fsp3) is 0.538. The molecule has 0 aromatic carbocycles. The standard InChI is InChI=1S/C13H18N2O2/c1-10-4-3-6-14-11(10)8-12(16)15-7-5-13(2,17)9-15/h3-4,6,17H,5,7-9H2,1-2H3. The lowest BCUT2D eigenvalue weighted by atomic mass is 10.1. The Bertz CT molecular complexity index is 429. The van der Waals surface area contributed by atoms with Gasteiger partial charge in [-0.1, -0.05) is 6.07 Å². The van der Waals surface area contributed by atoms with E-state index in [2.05, 4.69) is 4.98 Å². The lowest BCUT2D eigenvalue weighted by Gasteiger charge is -2.19. The van der Waals surface area contributed by atoms with Gasteiger partial charge in [0, 0.05) is 19.3 Å². The summed E-state index contributed by atoms with van der Waals surface area (Å²) in [7, 11) is 0. The van der Waals surface area contributed by atoms with Crippen LogP contribution < -0.4 is 0 Å². The summed E-state index contributed by atoms with van der Waals surface area (Å²) >= 11 is 0. The Morgan fingerprint density at radius 1 is 1.65 bits per heavy atom. The number of pyridine rings is 1. The Morgan fingerprint density at radius 2 is 2.41 bits per heavy atom. The van der Waals surface area contributed by atoms with E-state index in [-0.39, 0.29) is 5.91 Å². The van der Waals surface area contributed by atoms with E-state index in [0.29, 0.717) is 25.9 Å². The van der Waals surface area contributed by atoms with Gasteiger partial charge in [0.25, 0.3) is 0 Å². The van der Waals surface area contributed by atoms with Crippen LogP contribution in [-0.4, -0.2) is 39.6 Å². The van der Waals surface area contributed by atoms with Crippen LogP contribution in [-0.2, 0) is 11.2 Å². The van der Waals surface area contributed by atoms with E-state index in [4.69, 9.17) is 0 Å². The minimum atomic E-state index is -0.727. The average Bonchev–Trinajstić information content (AvgIpc) is 2.62. The highest BCUT2D eigenvalue weighted by Crippen LogP contribution is 2.21. The van der Waals surface area contributed by atoms with E-state index in [0.717, 1.165) is 11.3 Å². The Labute approximate surface area is 101 Å². The number of β-amino-alcohol motifs (C(OH)–C–C–N with tert-alkyl or cyclic N) is 1. The number of rotatable bonds is 2. The maximum atomic E-state index is 12.0. The molecule has 0 aliphatic carbocycles. The normalized spacial score (nSPS) is 24.1. The molecule has 1 aliphatic heterocycles. The van der Waals surface area contributed by atoms with Crippen molar-refractivity contribution in [1.29, 1.82) is 0 Å². The second-order valence-corrected chi connectivity index (χ2v) is 5.01. The third kappa shape index (κ3) is 2.82. The van der Waals surface area contributed by atoms with Gasteiger partial charge < -0.3 is 10.0 Å². The van der Waals surface area contributed by atoms with Gasteiger partial charge in [-0.3, -0.25) is 9.78 Å². The van der Waals surface area contributed by atoms with E-state index >= 15 is 0 Å². The van der Waals surface area contributed by atoms with Crippen molar-refractivity contribution in [3.8, 4) is 0 Å². The maximum Gasteiger partial charge on any atom is 0.228 e. The van der Waals surface area contributed by atoms with Gasteiger partial charge in [-0.15, -0.1) is 0 Å². The number of carbonyl (C=O) groups is 1. The Hall–Kier alpha value is -1.42. The largest absolute Gasteiger partial charge is 0.388 e. The number of aliphatic hydroxyl groups is 1. The molecule has 2 heterocycles. The molecule has 1 aliphatic rings. The van der Waals surface area contributed by atoms with Gasteiger partial charge in [-0.25, -0.2) is 0 Å². The van der Waals surface area contributed by atoms with Gasteiger partial charge in [0.2, 0.25) is 5.91 Å². The first kappa shape index (κ1) is 12.0. The van der Waals surface area contributed by atoms with Gasteiger partial charge in [0.15, 0.2) is 0 Å². The number of hydrogen-bond donors (Lipinski definition) is 1. The highest BCUT2D eigenvalue weighted by molar-refractivity contribution is 5.79. The lowest BCUT2D eigenvalue weighted by Crippen LogP contribution is -2.35. The van der Waals surface area contributed by atoms with Crippen molar-refractivity contribution in [1.82, 2.24) is 9.88 Å². The van der Waals surface area contributed by atoms with Gasteiger partial charge in [0.1, 0.15) is 0 Å². The van der Waals surface area contributed by atoms with Gasteiger partial charge >= 0.3 is 0 Å². The molecule has 1 amide bonds. The van der Waals surface area contributed by atoms with Crippen LogP contribution in [0.1, 0.15) is 24.6 Å². The molecule has 1 N–H and O–H groups in total. The van der Waals surface area contributed by atoms with E-state index in [1.165, 1.54) is 0 Å². The van der Waals surface area contributed by atoms with E-state index < -0.39 is 5.60 Å². The molecule has 1 unspecified atom stereocenters. The Kier molecular flexibility index (Phi) is 3.15. The van der Waals surface area contributed by atoms with Crippen LogP contribution in [0.2, 0.25) is 0 Å². The number of aromatic nitrogens is 1. The third-order valence-electron chi connectivity index (χ3n) is 3.24. The molecular formula is C13H18N2O2. The van der Waals surface area contributed by atoms with Gasteiger partial charge in [0.05, 0.1) is 17.7 Å². The lowest BCUT2D eigenvalue weighted by molar-refractivity contribution is -0.130. The molecule has 0 radical (unpaired) electrons. The zero-order valence-electron chi connectivity index (χ0n) is 10.3. The molecule has 1 aromatic heterocycles. The van der Waals surface area contributed by atoms with Crippen molar-refractivity contribution in [2.75, 3.05) is 13.1 Å². The van der Waals surface area contributed by atoms with Crippen LogP contribution in [0, 0.1) is 6.92 Å². The molecule has 0 bridgehead atoms. The number of aryl methyl sites for hydroxylation is 1. The van der Waals surface area contributed by atoms with Crippen LogP contribution in [0.25, 0.3) is 0 Å². The minimum absolute atomic E-state index is 0.0459. The van der Waals surface area contributed by atoms with Crippen LogP contribution in [0.5, 0.6) is 0 Å². The van der Waals surface area contributed by atoms with Crippen LogP contribution in [0.15, 0.2) is 18.3 Å². The van der Waals surface area contributed by atoms with Crippen LogP contribution in [0.3, 0.4) is 0 Å². The second kappa shape index (κ2) is 4.45. The Morgan fingerprint density at radius 3 is 3.00 bits per heavy atom. The summed E-state index contributed by atoms with van der Waals surface area (Å²) < 4.78 is 0. The molecule has 0 spiro atoms. The molecule has 0 saturated carbocycles. The molecular weight excluding hydrogens is 216 g/mol. The summed E-state index contributed by atoms with van der Waals surface area (Å²) in [4.78, 5) is 18.0. The fourth-order valence-corrected chi connectivity index (χ4v) is 2.12. The molecule has 1 saturated heterocycles. The van der Waals surface area contributed by atoms with E-state index in [1.807, 2.05) is 19.1 Å². The van der Waals surface area contributed by atoms with Gasteiger partial charge in [-0.05, 0) is 31.9 Å². The SMILES string of the molecule is Cc1cccnc1CC(=O)N1CCC(C)(O)C1. The smallest absolute Gasteiger partial charge is 0.228 e. The summed E-state index contributed by atoms with van der Waals surface area (Å²) in [6, 6.07) is 3.82. The number of nitrogens with zero attached hydrogens (tertiary/aromatic N) is 2. The Balaban J connectivity index is 2.01. The molecule has 2 rings (SSSR count). The zero-order chi connectivity index (χ0) is 12.5. The average molecular weight is 234 g/mol. The molecule has 92 valence electrons. The highest BCUT2D eigenvalue weighted by Gasteiger charge is 2.33. The van der Waals surface area contributed by atoms with Crippen molar-refractivity contribution in [2.24, 2.45) is 0 Å². The molecule has 17 heavy (non-hydrogen) atoms. The molecule has 4 heteroatoms. The quantitative estimate of drug-likeness (QED) is 0.827. The second-order valence-electron chi connectivity index (χ2n) is 5.01. The summed E-state index contributed by atoms with van der Waals surface area (Å²) in [6.45, 7) is 4.79. The monoisotopic (exact) mass is 234 g/mol. The highest BCUT2D eigenvalue weighted by atomic mass is 16.3. The molecule has 1 fully saturated rings. The van der Waals surface area contributed by atoms with Crippen molar-refractivity contribution in [2.45, 2.75) is 32.3 Å². The number of likely N-dealkylation sites (tertiary alicyclic amines) is 1. The molecule has 1 aromatic rings. The summed E-state index contributed by atoms with van der Waals surface area (Å²) in [5, 5.41) is 9.82. The first-order valence-corrected chi connectivity index (χ1v) is 5.89. The van der Waals surface area contributed by atoms with Crippen LogP contribution >= 0.6 is 0 Å². The van der Waals surface area contributed by atoms with Crippen LogP contribution in [0.4, 0.5) is 0 Å². The summed E-state index contributed by atoms with van der Waals surface area (Å²) in [6.07, 6.45) is 2.68. The van der Waals surface area contributed by atoms with Crippen molar-refractivity contribution in [3.63, 3.8) is 0 Å². The number of hydrogen-bond acceptors (Lipinski definition) is 3. The third-order valence-corrected chi connectivity index (χ3v) is 3.24. The van der Waals surface area contributed by atoms with Gasteiger partial charge in [-0.2, -0.15) is 0 Å². The van der Waals surface area contributed by atoms with E-state index in [9.17, 15) is 9.90 Å². The van der Waals surface area contributed by atoms with Crippen molar-refractivity contribution in [3.05, 3.63) is 29.6 Å². The van der Waals surface area contributed by atoms with E-state index in [1.54, 1.807) is 18.0 Å². The zero-order valence-corrected chi connectivity index (χ0v) is 10.3. The first-order chi connectivity index (χ1) is 7.98. The predicted octanol–water partition coefficient (Wildman–Crippen LogP) is 0.916. The number of carbonyl (C=O) groups excluding carboxylic acids is 1. The molecule has 4 nitrogen and oxygen atoms in total. The van der Waals surface area contributed by atoms with Crippen molar-refractivity contribution >= 4 is 5.91 Å². The minimum Gasteiger partial charge on any atom is -0.388 e. The molecule has 1 atom stereocenters. The van der Waals surface area contributed by atoms with Crippen molar-refractivity contribution < 1.29 is 9.90 Å². The first-order valence-electron chi connectivity index (χ1n) is 5.89. The summed E-state index contributed by atoms with van der Waals surface area (Å²) in [5.74, 6) is 0.0459. The number of amides is 1. The predicted molar refractivity (Wildman–Crippen MR) is 64.5 cm³/mol. The topological polar surface area (TPSA) is 53.4 Å².